The summed E-state index contributed by atoms with van der Waals surface area (Å²) in [5, 5.41) is 13.5. The Morgan fingerprint density at radius 2 is 2.04 bits per heavy atom. The third-order valence-electron chi connectivity index (χ3n) is 3.78. The molecule has 27 heavy (non-hydrogen) atoms. The molecule has 140 valence electrons. The molecule has 0 aliphatic heterocycles. The second-order valence-electron chi connectivity index (χ2n) is 5.55. The molecule has 2 heterocycles. The van der Waals surface area contributed by atoms with Gasteiger partial charge in [0.25, 0.3) is 0 Å². The number of nitrogens with zero attached hydrogens (tertiary/aromatic N) is 3. The van der Waals surface area contributed by atoms with Crippen molar-refractivity contribution < 1.29 is 23.4 Å². The van der Waals surface area contributed by atoms with Gasteiger partial charge in [0.2, 0.25) is 11.8 Å². The van der Waals surface area contributed by atoms with Gasteiger partial charge in [0, 0.05) is 11.8 Å². The molecule has 2 aromatic heterocycles. The number of rotatable bonds is 6. The minimum absolute atomic E-state index is 0.0215. The molecule has 0 bridgehead atoms. The highest BCUT2D eigenvalue weighted by Gasteiger charge is 2.26. The monoisotopic (exact) mass is 437 g/mol. The van der Waals surface area contributed by atoms with E-state index >= 15 is 0 Å². The summed E-state index contributed by atoms with van der Waals surface area (Å²) in [5.74, 6) is -2.37. The van der Waals surface area contributed by atoms with Crippen molar-refractivity contribution in [2.24, 2.45) is 0 Å². The van der Waals surface area contributed by atoms with Crippen molar-refractivity contribution in [3.05, 3.63) is 58.8 Å². The molecule has 0 fully saturated rings. The second-order valence-corrected chi connectivity index (χ2v) is 6.35. The Hall–Kier alpha value is -2.81. The Balaban J connectivity index is 2.19. The van der Waals surface area contributed by atoms with Crippen LogP contribution in [0.4, 0.5) is 8.78 Å². The zero-order valence-electron chi connectivity index (χ0n) is 14.1. The quantitative estimate of drug-likeness (QED) is 0.584. The molecule has 0 amide bonds. The van der Waals surface area contributed by atoms with Crippen LogP contribution in [-0.2, 0) is 4.79 Å². The molecule has 1 atom stereocenters. The van der Waals surface area contributed by atoms with E-state index in [1.165, 1.54) is 35.1 Å². The van der Waals surface area contributed by atoms with Crippen molar-refractivity contribution in [1.82, 2.24) is 14.8 Å². The minimum atomic E-state index is -1.14. The maximum atomic E-state index is 14.3. The smallest absolute Gasteiger partial charge is 0.344 e. The first-order valence-corrected chi connectivity index (χ1v) is 8.76. The lowest BCUT2D eigenvalue weighted by molar-refractivity contribution is -0.145. The number of aromatic nitrogens is 3. The normalized spacial score (nSPS) is 12.0. The summed E-state index contributed by atoms with van der Waals surface area (Å²) < 4.78 is 34.6. The Kier molecular flexibility index (Phi) is 5.50. The summed E-state index contributed by atoms with van der Waals surface area (Å²) >= 11 is 3.34. The number of benzene rings is 1. The molecule has 3 aromatic rings. The summed E-state index contributed by atoms with van der Waals surface area (Å²) in [5.41, 5.74) is 0.913. The number of aliphatic carboxylic acids is 1. The largest absolute Gasteiger partial charge is 0.479 e. The van der Waals surface area contributed by atoms with Gasteiger partial charge >= 0.3 is 5.97 Å². The first-order valence-electron chi connectivity index (χ1n) is 7.97. The fraction of sp³-hybridized carbons (Fsp3) is 0.167. The number of para-hydroxylation sites is 1. The summed E-state index contributed by atoms with van der Waals surface area (Å²) in [4.78, 5) is 14.9. The summed E-state index contributed by atoms with van der Waals surface area (Å²) in [6.07, 6.45) is 0.360. The van der Waals surface area contributed by atoms with Crippen molar-refractivity contribution in [1.29, 1.82) is 0 Å². The zero-order chi connectivity index (χ0) is 19.6. The number of pyridine rings is 1. The average molecular weight is 438 g/mol. The zero-order valence-corrected chi connectivity index (χ0v) is 15.7. The highest BCUT2D eigenvalue weighted by Crippen LogP contribution is 2.38. The maximum absolute atomic E-state index is 14.3. The molecule has 0 aliphatic carbocycles. The van der Waals surface area contributed by atoms with Crippen LogP contribution >= 0.6 is 15.9 Å². The van der Waals surface area contributed by atoms with Crippen molar-refractivity contribution in [2.75, 3.05) is 0 Å². The predicted octanol–water partition coefficient (Wildman–Crippen LogP) is 4.22. The van der Waals surface area contributed by atoms with Crippen LogP contribution in [0.3, 0.4) is 0 Å². The highest BCUT2D eigenvalue weighted by molar-refractivity contribution is 9.10. The Labute approximate surface area is 161 Å². The second kappa shape index (κ2) is 7.83. The molecule has 1 N–H and O–H groups in total. The topological polar surface area (TPSA) is 77.2 Å². The lowest BCUT2D eigenvalue weighted by Gasteiger charge is -2.10. The van der Waals surface area contributed by atoms with Crippen LogP contribution in [0.1, 0.15) is 13.3 Å². The lowest BCUT2D eigenvalue weighted by Crippen LogP contribution is -2.26. The maximum Gasteiger partial charge on any atom is 0.344 e. The number of hydrogen-bond donors (Lipinski definition) is 1. The van der Waals surface area contributed by atoms with E-state index in [2.05, 4.69) is 26.0 Å². The molecule has 0 saturated carbocycles. The number of carboxylic acids is 1. The summed E-state index contributed by atoms with van der Waals surface area (Å²) in [6, 6.07) is 8.56. The van der Waals surface area contributed by atoms with E-state index in [0.29, 0.717) is 15.7 Å². The lowest BCUT2D eigenvalue weighted by atomic mass is 10.2. The molecule has 0 aliphatic rings. The summed E-state index contributed by atoms with van der Waals surface area (Å²) in [6.45, 7) is 1.66. The average Bonchev–Trinajstić information content (AvgIpc) is 2.96. The highest BCUT2D eigenvalue weighted by atomic mass is 79.9. The van der Waals surface area contributed by atoms with Crippen LogP contribution < -0.4 is 4.74 Å². The molecule has 3 rings (SSSR count). The van der Waals surface area contributed by atoms with Gasteiger partial charge in [-0.05, 0) is 46.6 Å². The van der Waals surface area contributed by atoms with Gasteiger partial charge in [-0.1, -0.05) is 19.1 Å². The van der Waals surface area contributed by atoms with Gasteiger partial charge in [-0.2, -0.15) is 4.39 Å². The standard InChI is InChI=1S/C18H14BrF2N3O3/c1-2-13(18(25)26)27-17-15(19)16(10-7-8-14(21)22-9-10)24(23-17)12-6-4-3-5-11(12)20/h3-9,13H,2H2,1H3,(H,25,26). The van der Waals surface area contributed by atoms with E-state index in [4.69, 9.17) is 4.74 Å². The Morgan fingerprint density at radius 1 is 1.30 bits per heavy atom. The molecule has 0 spiro atoms. The third kappa shape index (κ3) is 3.82. The number of halogens is 3. The van der Waals surface area contributed by atoms with Crippen LogP contribution in [0.5, 0.6) is 5.88 Å². The van der Waals surface area contributed by atoms with E-state index in [-0.39, 0.29) is 18.0 Å². The predicted molar refractivity (Wildman–Crippen MR) is 96.8 cm³/mol. The van der Waals surface area contributed by atoms with Crippen LogP contribution in [0.2, 0.25) is 0 Å². The fourth-order valence-electron chi connectivity index (χ4n) is 2.46. The van der Waals surface area contributed by atoms with Gasteiger partial charge in [0.1, 0.15) is 16.0 Å². The number of hydrogen-bond acceptors (Lipinski definition) is 4. The van der Waals surface area contributed by atoms with Gasteiger partial charge in [-0.25, -0.2) is 18.9 Å². The van der Waals surface area contributed by atoms with E-state index in [0.717, 1.165) is 6.07 Å². The molecule has 1 unspecified atom stereocenters. The van der Waals surface area contributed by atoms with Crippen molar-refractivity contribution in [3.63, 3.8) is 0 Å². The van der Waals surface area contributed by atoms with E-state index in [1.54, 1.807) is 13.0 Å². The van der Waals surface area contributed by atoms with Crippen molar-refractivity contribution in [2.45, 2.75) is 19.4 Å². The molecule has 0 saturated heterocycles. The number of carbonyl (C=O) groups is 1. The van der Waals surface area contributed by atoms with E-state index in [1.807, 2.05) is 0 Å². The van der Waals surface area contributed by atoms with Crippen LogP contribution in [0.25, 0.3) is 16.9 Å². The first-order chi connectivity index (χ1) is 12.9. The van der Waals surface area contributed by atoms with Crippen LogP contribution in [-0.4, -0.2) is 31.9 Å². The van der Waals surface area contributed by atoms with Crippen LogP contribution in [0, 0.1) is 11.8 Å². The molecule has 6 nitrogen and oxygen atoms in total. The van der Waals surface area contributed by atoms with Gasteiger partial charge in [-0.3, -0.25) is 0 Å². The van der Waals surface area contributed by atoms with E-state index in [9.17, 15) is 18.7 Å². The summed E-state index contributed by atoms with van der Waals surface area (Å²) in [7, 11) is 0. The molecule has 0 radical (unpaired) electrons. The van der Waals surface area contributed by atoms with E-state index < -0.39 is 23.8 Å². The molecule has 9 heteroatoms. The fourth-order valence-corrected chi connectivity index (χ4v) is 3.03. The Bertz CT molecular complexity index is 976. The minimum Gasteiger partial charge on any atom is -0.479 e. The van der Waals surface area contributed by atoms with Gasteiger partial charge < -0.3 is 9.84 Å². The van der Waals surface area contributed by atoms with Gasteiger partial charge in [-0.15, -0.1) is 5.10 Å². The number of carboxylic acid groups (broad SMARTS) is 1. The molecular formula is C18H14BrF2N3O3. The van der Waals surface area contributed by atoms with Crippen LogP contribution in [0.15, 0.2) is 47.1 Å². The SMILES string of the molecule is CCC(Oc1nn(-c2ccccc2F)c(-c2ccc(F)nc2)c1Br)C(=O)O. The number of ether oxygens (including phenoxy) is 1. The van der Waals surface area contributed by atoms with Crippen molar-refractivity contribution in [3.8, 4) is 22.8 Å². The first kappa shape index (κ1) is 19.0. The Morgan fingerprint density at radius 3 is 2.63 bits per heavy atom. The third-order valence-corrected chi connectivity index (χ3v) is 4.49. The van der Waals surface area contributed by atoms with Gasteiger partial charge in [0.05, 0.1) is 5.69 Å². The van der Waals surface area contributed by atoms with Crippen molar-refractivity contribution >= 4 is 21.9 Å². The van der Waals surface area contributed by atoms with Gasteiger partial charge in [0.15, 0.2) is 6.10 Å². The molecular weight excluding hydrogens is 424 g/mol. The molecule has 1 aromatic carbocycles.